The minimum atomic E-state index is 0. The average molecular weight is 534 g/mol. The number of pyridine rings is 1. The maximum absolute atomic E-state index is 8.48. The van der Waals surface area contributed by atoms with Crippen molar-refractivity contribution in [2.45, 2.75) is 20.8 Å². The SMILES string of the molecule is Cc1ccc(-c2ccnc(-c3[c-]cccc3)c2)cc1.[CH-]=C(C)/C=C(/C)O.[Ir]. The smallest absolute Gasteiger partial charge is 0.0166 e. The fraction of sp³-hybridized carbons (Fsp3) is 0.125. The molecule has 0 unspecified atom stereocenters. The van der Waals surface area contributed by atoms with Crippen molar-refractivity contribution in [1.82, 2.24) is 4.98 Å². The first kappa shape index (κ1) is 22.6. The zero-order valence-electron chi connectivity index (χ0n) is 15.7. The molecule has 0 amide bonds. The van der Waals surface area contributed by atoms with Crippen LogP contribution in [0.5, 0.6) is 0 Å². The molecule has 141 valence electrons. The summed E-state index contributed by atoms with van der Waals surface area (Å²) in [6, 6.07) is 23.8. The molecule has 0 saturated carbocycles. The van der Waals surface area contributed by atoms with E-state index in [0.717, 1.165) is 11.3 Å². The third-order valence-corrected chi connectivity index (χ3v) is 3.57. The van der Waals surface area contributed by atoms with Crippen LogP contribution in [0.4, 0.5) is 0 Å². The second-order valence-corrected chi connectivity index (χ2v) is 6.10. The van der Waals surface area contributed by atoms with Gasteiger partial charge in [0.05, 0.1) is 0 Å². The summed E-state index contributed by atoms with van der Waals surface area (Å²) in [5.74, 6) is 0.250. The fourth-order valence-electron chi connectivity index (χ4n) is 2.39. The Morgan fingerprint density at radius 2 is 1.74 bits per heavy atom. The topological polar surface area (TPSA) is 33.1 Å². The second kappa shape index (κ2) is 11.3. The van der Waals surface area contributed by atoms with E-state index in [-0.39, 0.29) is 25.9 Å². The molecule has 0 spiro atoms. The van der Waals surface area contributed by atoms with Gasteiger partial charge >= 0.3 is 0 Å². The van der Waals surface area contributed by atoms with Gasteiger partial charge in [-0.1, -0.05) is 42.8 Å². The molecule has 1 aromatic heterocycles. The van der Waals surface area contributed by atoms with Gasteiger partial charge in [0.1, 0.15) is 0 Å². The molecule has 2 nitrogen and oxygen atoms in total. The van der Waals surface area contributed by atoms with E-state index >= 15 is 0 Å². The van der Waals surface area contributed by atoms with Gasteiger partial charge in [-0.15, -0.1) is 35.9 Å². The Balaban J connectivity index is 0.000000395. The van der Waals surface area contributed by atoms with Crippen LogP contribution in [0, 0.1) is 19.6 Å². The van der Waals surface area contributed by atoms with E-state index in [1.54, 1.807) is 13.8 Å². The Hall–Kier alpha value is -2.48. The first-order valence-electron chi connectivity index (χ1n) is 8.42. The Labute approximate surface area is 175 Å². The molecule has 3 heteroatoms. The summed E-state index contributed by atoms with van der Waals surface area (Å²) in [6.45, 7) is 10.6. The minimum absolute atomic E-state index is 0. The van der Waals surface area contributed by atoms with Crippen LogP contribution in [0.2, 0.25) is 0 Å². The van der Waals surface area contributed by atoms with Crippen LogP contribution in [-0.4, -0.2) is 10.1 Å². The molecule has 27 heavy (non-hydrogen) atoms. The van der Waals surface area contributed by atoms with E-state index in [1.165, 1.54) is 22.8 Å². The van der Waals surface area contributed by atoms with Crippen molar-refractivity contribution in [3.8, 4) is 22.4 Å². The molecule has 0 aliphatic rings. The fourth-order valence-corrected chi connectivity index (χ4v) is 2.39. The van der Waals surface area contributed by atoms with E-state index in [2.05, 4.69) is 48.3 Å². The van der Waals surface area contributed by atoms with E-state index in [1.807, 2.05) is 36.5 Å². The van der Waals surface area contributed by atoms with Gasteiger partial charge in [-0.25, -0.2) is 5.57 Å². The summed E-state index contributed by atoms with van der Waals surface area (Å²) in [5.41, 5.74) is 6.27. The summed E-state index contributed by atoms with van der Waals surface area (Å²) < 4.78 is 0. The molecule has 2 aromatic carbocycles. The number of allylic oxidation sites excluding steroid dienone is 3. The van der Waals surface area contributed by atoms with Crippen molar-refractivity contribution in [1.29, 1.82) is 0 Å². The Morgan fingerprint density at radius 1 is 1.04 bits per heavy atom. The summed E-state index contributed by atoms with van der Waals surface area (Å²) in [6.07, 6.45) is 3.35. The first-order valence-corrected chi connectivity index (χ1v) is 8.42. The largest absolute Gasteiger partial charge is 0.531 e. The van der Waals surface area contributed by atoms with Gasteiger partial charge in [0, 0.05) is 32.1 Å². The van der Waals surface area contributed by atoms with Crippen LogP contribution in [0.1, 0.15) is 19.4 Å². The molecule has 1 heterocycles. The average Bonchev–Trinajstić information content (AvgIpc) is 2.63. The molecule has 1 radical (unpaired) electrons. The predicted molar refractivity (Wildman–Crippen MR) is 109 cm³/mol. The van der Waals surface area contributed by atoms with Crippen molar-refractivity contribution in [3.63, 3.8) is 0 Å². The van der Waals surface area contributed by atoms with Crippen LogP contribution < -0.4 is 0 Å². The maximum Gasteiger partial charge on any atom is 0.0166 e. The van der Waals surface area contributed by atoms with Crippen LogP contribution >= 0.6 is 0 Å². The van der Waals surface area contributed by atoms with Crippen molar-refractivity contribution in [2.24, 2.45) is 0 Å². The summed E-state index contributed by atoms with van der Waals surface area (Å²) in [5, 5.41) is 8.48. The maximum atomic E-state index is 8.48. The number of nitrogens with zero attached hydrogens (tertiary/aromatic N) is 1. The molecule has 0 atom stereocenters. The number of aliphatic hydroxyl groups excluding tert-OH is 1. The Bertz CT molecular complexity index is 880. The van der Waals surface area contributed by atoms with Crippen LogP contribution in [0.25, 0.3) is 22.4 Å². The van der Waals surface area contributed by atoms with Gasteiger partial charge < -0.3 is 10.1 Å². The summed E-state index contributed by atoms with van der Waals surface area (Å²) in [7, 11) is 0. The molecule has 0 aliphatic carbocycles. The first-order chi connectivity index (χ1) is 12.5. The van der Waals surface area contributed by atoms with Gasteiger partial charge in [-0.2, -0.15) is 6.08 Å². The Morgan fingerprint density at radius 3 is 2.26 bits per heavy atom. The number of benzene rings is 2. The van der Waals surface area contributed by atoms with Gasteiger partial charge in [0.25, 0.3) is 0 Å². The van der Waals surface area contributed by atoms with E-state index in [9.17, 15) is 0 Å². The molecule has 0 saturated heterocycles. The number of aromatic nitrogens is 1. The van der Waals surface area contributed by atoms with Gasteiger partial charge in [-0.3, -0.25) is 6.58 Å². The number of aryl methyl sites for hydroxylation is 1. The van der Waals surface area contributed by atoms with Crippen molar-refractivity contribution in [3.05, 3.63) is 102 Å². The number of rotatable bonds is 3. The summed E-state index contributed by atoms with van der Waals surface area (Å²) in [4.78, 5) is 4.42. The van der Waals surface area contributed by atoms with Crippen LogP contribution in [0.3, 0.4) is 0 Å². The number of hydrogen-bond acceptors (Lipinski definition) is 2. The molecule has 0 fully saturated rings. The molecule has 3 rings (SSSR count). The number of aliphatic hydroxyl groups is 1. The third kappa shape index (κ3) is 7.74. The van der Waals surface area contributed by atoms with E-state index in [0.29, 0.717) is 5.57 Å². The second-order valence-electron chi connectivity index (χ2n) is 6.10. The molecule has 3 aromatic rings. The van der Waals surface area contributed by atoms with Crippen molar-refractivity contribution < 1.29 is 25.2 Å². The Kier molecular flexibility index (Phi) is 9.42. The normalized spacial score (nSPS) is 10.3. The van der Waals surface area contributed by atoms with Crippen molar-refractivity contribution >= 4 is 0 Å². The zero-order chi connectivity index (χ0) is 18.9. The van der Waals surface area contributed by atoms with E-state index in [4.69, 9.17) is 11.7 Å². The molecule has 1 N–H and O–H groups in total. The van der Waals surface area contributed by atoms with Crippen molar-refractivity contribution in [2.75, 3.05) is 0 Å². The van der Waals surface area contributed by atoms with Crippen LogP contribution in [-0.2, 0) is 20.1 Å². The standard InChI is InChI=1S/C18H14N.C6H9O.Ir/c1-14-7-9-15(10-8-14)17-11-12-19-18(13-17)16-5-3-2-4-6-16;1-5(2)4-6(3)7;/h2-5,7-13H,1H3;1,4,7H,2-3H3;/q2*-1;/b;6-4-;. The van der Waals surface area contributed by atoms with E-state index < -0.39 is 0 Å². The monoisotopic (exact) mass is 534 g/mol. The molecule has 0 bridgehead atoms. The third-order valence-electron chi connectivity index (χ3n) is 3.57. The van der Waals surface area contributed by atoms with Gasteiger partial charge in [0.15, 0.2) is 0 Å². The zero-order valence-corrected chi connectivity index (χ0v) is 18.1. The molecule has 0 aliphatic heterocycles. The quantitative estimate of drug-likeness (QED) is 0.242. The summed E-state index contributed by atoms with van der Waals surface area (Å²) >= 11 is 0. The molecular formula is C24H23IrNO-2. The molecular weight excluding hydrogens is 510 g/mol. The van der Waals surface area contributed by atoms with Crippen LogP contribution in [0.15, 0.2) is 84.3 Å². The number of hydrogen-bond donors (Lipinski definition) is 1. The predicted octanol–water partition coefficient (Wildman–Crippen LogP) is 6.35. The van der Waals surface area contributed by atoms with Gasteiger partial charge in [-0.05, 0) is 36.7 Å². The van der Waals surface area contributed by atoms with Gasteiger partial charge in [0.2, 0.25) is 0 Å². The minimum Gasteiger partial charge on any atom is -0.531 e.